The van der Waals surface area contributed by atoms with Crippen molar-refractivity contribution in [1.82, 2.24) is 0 Å². The number of halogens is 2. The zero-order valence-electron chi connectivity index (χ0n) is 15.1. The molecule has 1 atom stereocenters. The molecule has 0 aromatic heterocycles. The molecular formula is C23H19F2NO2. The van der Waals surface area contributed by atoms with Crippen molar-refractivity contribution in [2.45, 2.75) is 12.5 Å². The zero-order valence-corrected chi connectivity index (χ0v) is 15.1. The lowest BCUT2D eigenvalue weighted by Gasteiger charge is -2.09. The van der Waals surface area contributed by atoms with Gasteiger partial charge in [0.2, 0.25) is 5.90 Å². The van der Waals surface area contributed by atoms with Crippen molar-refractivity contribution >= 4 is 5.90 Å². The molecule has 0 spiro atoms. The first-order chi connectivity index (χ1) is 13.7. The highest BCUT2D eigenvalue weighted by atomic mass is 19.1. The van der Waals surface area contributed by atoms with Crippen LogP contribution in [0.15, 0.2) is 77.8 Å². The van der Waals surface area contributed by atoms with Crippen LogP contribution in [-0.2, 0) is 4.74 Å². The molecule has 0 saturated carbocycles. The Balaban J connectivity index is 1.33. The molecule has 1 unspecified atom stereocenters. The largest absolute Gasteiger partial charge is 0.494 e. The van der Waals surface area contributed by atoms with Crippen molar-refractivity contribution < 1.29 is 18.3 Å². The van der Waals surface area contributed by atoms with Crippen molar-refractivity contribution in [1.29, 1.82) is 0 Å². The summed E-state index contributed by atoms with van der Waals surface area (Å²) in [6.07, 6.45) is 0.597. The van der Waals surface area contributed by atoms with E-state index in [2.05, 4.69) is 17.1 Å². The molecule has 0 bridgehead atoms. The van der Waals surface area contributed by atoms with Gasteiger partial charge in [0, 0.05) is 6.42 Å². The van der Waals surface area contributed by atoms with Crippen LogP contribution in [0.4, 0.5) is 8.78 Å². The lowest BCUT2D eigenvalue weighted by molar-refractivity contribution is 0.264. The summed E-state index contributed by atoms with van der Waals surface area (Å²) in [6, 6.07) is 21.5. The molecule has 0 N–H and O–H groups in total. The first-order valence-corrected chi connectivity index (χ1v) is 9.14. The minimum Gasteiger partial charge on any atom is -0.494 e. The lowest BCUT2D eigenvalue weighted by atomic mass is 10.1. The summed E-state index contributed by atoms with van der Waals surface area (Å²) in [4.78, 5) is 4.30. The van der Waals surface area contributed by atoms with Crippen LogP contribution in [0, 0.1) is 11.6 Å². The molecule has 0 amide bonds. The number of rotatable bonds is 6. The fraction of sp³-hybridized carbons (Fsp3) is 0.174. The first kappa shape index (κ1) is 18.2. The standard InChI is InChI=1S/C23H19F2NO2/c24-20-7-4-8-21(25)22(20)23-26-18(15-28-23)13-14-27-19-11-9-17(10-12-19)16-5-2-1-3-6-16/h1-12,18H,13-15H2. The summed E-state index contributed by atoms with van der Waals surface area (Å²) in [5, 5.41) is 0. The summed E-state index contributed by atoms with van der Waals surface area (Å²) in [6.45, 7) is 0.731. The van der Waals surface area contributed by atoms with Gasteiger partial charge in [-0.25, -0.2) is 13.8 Å². The lowest BCUT2D eigenvalue weighted by Crippen LogP contribution is -2.11. The van der Waals surface area contributed by atoms with E-state index in [-0.39, 0.29) is 17.5 Å². The van der Waals surface area contributed by atoms with Crippen molar-refractivity contribution in [3.05, 3.63) is 90.0 Å². The number of benzene rings is 3. The van der Waals surface area contributed by atoms with E-state index in [1.54, 1.807) is 0 Å². The smallest absolute Gasteiger partial charge is 0.222 e. The van der Waals surface area contributed by atoms with E-state index in [4.69, 9.17) is 9.47 Å². The molecule has 4 rings (SSSR count). The topological polar surface area (TPSA) is 30.8 Å². The van der Waals surface area contributed by atoms with Crippen LogP contribution in [0.25, 0.3) is 11.1 Å². The quantitative estimate of drug-likeness (QED) is 0.586. The minimum atomic E-state index is -0.672. The predicted octanol–water partition coefficient (Wildman–Crippen LogP) is 5.25. The Morgan fingerprint density at radius 1 is 0.857 bits per heavy atom. The highest BCUT2D eigenvalue weighted by molar-refractivity contribution is 5.95. The molecule has 1 aliphatic rings. The van der Waals surface area contributed by atoms with E-state index in [9.17, 15) is 8.78 Å². The molecule has 28 heavy (non-hydrogen) atoms. The van der Waals surface area contributed by atoms with Gasteiger partial charge in [-0.3, -0.25) is 0 Å². The number of aliphatic imine (C=N–C) groups is 1. The van der Waals surface area contributed by atoms with E-state index >= 15 is 0 Å². The van der Waals surface area contributed by atoms with Gasteiger partial charge in [-0.1, -0.05) is 48.5 Å². The molecule has 3 aromatic carbocycles. The molecular weight excluding hydrogens is 360 g/mol. The third kappa shape index (κ3) is 4.03. The maximum absolute atomic E-state index is 13.8. The summed E-state index contributed by atoms with van der Waals surface area (Å²) >= 11 is 0. The van der Waals surface area contributed by atoms with E-state index in [1.807, 2.05) is 42.5 Å². The average Bonchev–Trinajstić information content (AvgIpc) is 3.17. The van der Waals surface area contributed by atoms with Gasteiger partial charge in [-0.2, -0.15) is 0 Å². The second-order valence-electron chi connectivity index (χ2n) is 6.52. The number of hydrogen-bond donors (Lipinski definition) is 0. The highest BCUT2D eigenvalue weighted by Crippen LogP contribution is 2.23. The van der Waals surface area contributed by atoms with E-state index in [0.29, 0.717) is 19.6 Å². The van der Waals surface area contributed by atoms with Crippen LogP contribution < -0.4 is 4.74 Å². The van der Waals surface area contributed by atoms with Gasteiger partial charge in [0.05, 0.1) is 12.6 Å². The van der Waals surface area contributed by atoms with Crippen molar-refractivity contribution in [3.8, 4) is 16.9 Å². The average molecular weight is 379 g/mol. The third-order valence-electron chi connectivity index (χ3n) is 4.57. The minimum absolute atomic E-state index is 0.0211. The maximum Gasteiger partial charge on any atom is 0.222 e. The van der Waals surface area contributed by atoms with Crippen LogP contribution in [0.2, 0.25) is 0 Å². The second-order valence-corrected chi connectivity index (χ2v) is 6.52. The van der Waals surface area contributed by atoms with Gasteiger partial charge >= 0.3 is 0 Å². The van der Waals surface area contributed by atoms with Crippen LogP contribution in [0.1, 0.15) is 12.0 Å². The first-order valence-electron chi connectivity index (χ1n) is 9.14. The number of ether oxygens (including phenoxy) is 2. The van der Waals surface area contributed by atoms with Crippen molar-refractivity contribution in [2.75, 3.05) is 13.2 Å². The Hall–Kier alpha value is -3.21. The summed E-state index contributed by atoms with van der Waals surface area (Å²) in [5.41, 5.74) is 2.07. The van der Waals surface area contributed by atoms with Gasteiger partial charge in [0.15, 0.2) is 0 Å². The summed E-state index contributed by atoms with van der Waals surface area (Å²) < 4.78 is 38.8. The molecule has 0 fully saturated rings. The molecule has 5 heteroatoms. The fourth-order valence-corrected chi connectivity index (χ4v) is 3.09. The van der Waals surface area contributed by atoms with E-state index in [0.717, 1.165) is 16.9 Å². The predicted molar refractivity (Wildman–Crippen MR) is 105 cm³/mol. The Morgan fingerprint density at radius 3 is 2.25 bits per heavy atom. The molecule has 0 saturated heterocycles. The van der Waals surface area contributed by atoms with Crippen molar-refractivity contribution in [3.63, 3.8) is 0 Å². The third-order valence-corrected chi connectivity index (χ3v) is 4.57. The second kappa shape index (κ2) is 8.21. The SMILES string of the molecule is Fc1cccc(F)c1C1=NC(CCOc2ccc(-c3ccccc3)cc2)CO1. The molecule has 0 aliphatic carbocycles. The Kier molecular flexibility index (Phi) is 5.33. The summed E-state index contributed by atoms with van der Waals surface area (Å²) in [5.74, 6) is -0.556. The van der Waals surface area contributed by atoms with Crippen molar-refractivity contribution in [2.24, 2.45) is 4.99 Å². The number of hydrogen-bond acceptors (Lipinski definition) is 3. The van der Waals surface area contributed by atoms with Crippen LogP contribution >= 0.6 is 0 Å². The van der Waals surface area contributed by atoms with E-state index < -0.39 is 11.6 Å². The fourth-order valence-electron chi connectivity index (χ4n) is 3.09. The monoisotopic (exact) mass is 379 g/mol. The zero-order chi connectivity index (χ0) is 19.3. The van der Waals surface area contributed by atoms with Gasteiger partial charge in [-0.15, -0.1) is 0 Å². The molecule has 1 heterocycles. The maximum atomic E-state index is 13.8. The Morgan fingerprint density at radius 2 is 1.54 bits per heavy atom. The van der Waals surface area contributed by atoms with E-state index in [1.165, 1.54) is 18.2 Å². The highest BCUT2D eigenvalue weighted by Gasteiger charge is 2.24. The normalized spacial score (nSPS) is 15.8. The van der Waals surface area contributed by atoms with Gasteiger partial charge in [0.1, 0.15) is 29.6 Å². The van der Waals surface area contributed by atoms with Crippen LogP contribution in [0.3, 0.4) is 0 Å². The number of nitrogens with zero attached hydrogens (tertiary/aromatic N) is 1. The molecule has 0 radical (unpaired) electrons. The summed E-state index contributed by atoms with van der Waals surface area (Å²) in [7, 11) is 0. The van der Waals surface area contributed by atoms with Gasteiger partial charge in [-0.05, 0) is 35.4 Å². The van der Waals surface area contributed by atoms with Gasteiger partial charge in [0.25, 0.3) is 0 Å². The van der Waals surface area contributed by atoms with Gasteiger partial charge < -0.3 is 9.47 Å². The molecule has 1 aliphatic heterocycles. The molecule has 3 nitrogen and oxygen atoms in total. The van der Waals surface area contributed by atoms with Crippen LogP contribution in [0.5, 0.6) is 5.75 Å². The Labute approximate surface area is 162 Å². The molecule has 3 aromatic rings. The van der Waals surface area contributed by atoms with Crippen LogP contribution in [-0.4, -0.2) is 25.2 Å². The Bertz CT molecular complexity index is 951. The molecule has 142 valence electrons.